The van der Waals surface area contributed by atoms with Crippen LogP contribution in [0, 0.1) is 5.92 Å². The zero-order valence-corrected chi connectivity index (χ0v) is 17.9. The Hall–Kier alpha value is -3.02. The van der Waals surface area contributed by atoms with Crippen molar-refractivity contribution >= 4 is 11.8 Å². The second kappa shape index (κ2) is 10.1. The number of rotatable bonds is 8. The van der Waals surface area contributed by atoms with Gasteiger partial charge in [-0.25, -0.2) is 0 Å². The van der Waals surface area contributed by atoms with E-state index in [1.807, 2.05) is 6.07 Å². The number of nitrogens with one attached hydrogen (secondary N) is 2. The molecule has 2 aromatic carbocycles. The van der Waals surface area contributed by atoms with Gasteiger partial charge >= 0.3 is 0 Å². The van der Waals surface area contributed by atoms with Gasteiger partial charge in [-0.15, -0.1) is 0 Å². The number of hydrazine groups is 1. The Bertz CT molecular complexity index is 908. The first-order chi connectivity index (χ1) is 14.5. The van der Waals surface area contributed by atoms with Crippen LogP contribution in [0.25, 0.3) is 0 Å². The number of methoxy groups -OCH3 is 1. The zero-order chi connectivity index (χ0) is 21.5. The SMILES string of the molecule is COc1cc(C(=O)NNC(=O)Cc2ccc3c(c2)CCC3)ccc1OCCC(C)C. The van der Waals surface area contributed by atoms with E-state index in [-0.39, 0.29) is 12.3 Å². The molecule has 0 atom stereocenters. The number of aryl methyl sites for hydroxylation is 2. The Labute approximate surface area is 177 Å². The van der Waals surface area contributed by atoms with E-state index in [0.717, 1.165) is 24.8 Å². The molecule has 0 aromatic heterocycles. The van der Waals surface area contributed by atoms with E-state index >= 15 is 0 Å². The lowest BCUT2D eigenvalue weighted by Crippen LogP contribution is -2.42. The number of hydrogen-bond acceptors (Lipinski definition) is 4. The van der Waals surface area contributed by atoms with Crippen LogP contribution in [0.3, 0.4) is 0 Å². The van der Waals surface area contributed by atoms with Gasteiger partial charge in [0.05, 0.1) is 20.1 Å². The minimum Gasteiger partial charge on any atom is -0.493 e. The van der Waals surface area contributed by atoms with Crippen LogP contribution in [0.15, 0.2) is 36.4 Å². The van der Waals surface area contributed by atoms with E-state index in [4.69, 9.17) is 9.47 Å². The third-order valence-corrected chi connectivity index (χ3v) is 5.22. The normalized spacial score (nSPS) is 12.4. The maximum Gasteiger partial charge on any atom is 0.269 e. The third kappa shape index (κ3) is 5.75. The van der Waals surface area contributed by atoms with Gasteiger partial charge in [-0.3, -0.25) is 20.4 Å². The van der Waals surface area contributed by atoms with E-state index in [2.05, 4.69) is 36.8 Å². The second-order valence-electron chi connectivity index (χ2n) is 8.03. The molecule has 0 saturated carbocycles. The first kappa shape index (κ1) is 21.7. The van der Waals surface area contributed by atoms with Gasteiger partial charge in [-0.2, -0.15) is 0 Å². The van der Waals surface area contributed by atoms with E-state index in [1.54, 1.807) is 18.2 Å². The molecule has 2 aromatic rings. The molecule has 160 valence electrons. The van der Waals surface area contributed by atoms with Gasteiger partial charge in [-0.05, 0) is 66.5 Å². The molecule has 30 heavy (non-hydrogen) atoms. The summed E-state index contributed by atoms with van der Waals surface area (Å²) >= 11 is 0. The summed E-state index contributed by atoms with van der Waals surface area (Å²) < 4.78 is 11.1. The van der Waals surface area contributed by atoms with Gasteiger partial charge in [0.25, 0.3) is 5.91 Å². The number of fused-ring (bicyclic) bond motifs is 1. The molecular formula is C24H30N2O4. The summed E-state index contributed by atoms with van der Waals surface area (Å²) in [5.41, 5.74) is 8.98. The summed E-state index contributed by atoms with van der Waals surface area (Å²) in [4.78, 5) is 24.6. The average molecular weight is 411 g/mol. The smallest absolute Gasteiger partial charge is 0.269 e. The Morgan fingerprint density at radius 3 is 2.57 bits per heavy atom. The summed E-state index contributed by atoms with van der Waals surface area (Å²) in [7, 11) is 1.53. The summed E-state index contributed by atoms with van der Waals surface area (Å²) in [5, 5.41) is 0. The quantitative estimate of drug-likeness (QED) is 0.652. The maximum absolute atomic E-state index is 12.4. The second-order valence-corrected chi connectivity index (χ2v) is 8.03. The number of ether oxygens (including phenoxy) is 2. The van der Waals surface area contributed by atoms with Gasteiger partial charge in [-0.1, -0.05) is 32.0 Å². The van der Waals surface area contributed by atoms with Gasteiger partial charge < -0.3 is 9.47 Å². The van der Waals surface area contributed by atoms with E-state index in [1.165, 1.54) is 24.7 Å². The van der Waals surface area contributed by atoms with Gasteiger partial charge in [0, 0.05) is 5.56 Å². The van der Waals surface area contributed by atoms with E-state index < -0.39 is 5.91 Å². The van der Waals surface area contributed by atoms with Gasteiger partial charge in [0.15, 0.2) is 11.5 Å². The van der Waals surface area contributed by atoms with Crippen LogP contribution in [0.1, 0.15) is 53.7 Å². The van der Waals surface area contributed by atoms with Crippen molar-refractivity contribution in [2.24, 2.45) is 5.92 Å². The molecule has 2 amide bonds. The van der Waals surface area contributed by atoms with Crippen LogP contribution in [0.4, 0.5) is 0 Å². The van der Waals surface area contributed by atoms with Crippen LogP contribution in [-0.2, 0) is 24.1 Å². The molecule has 6 heteroatoms. The summed E-state index contributed by atoms with van der Waals surface area (Å²) in [6, 6.07) is 11.1. The van der Waals surface area contributed by atoms with Crippen LogP contribution in [-0.4, -0.2) is 25.5 Å². The standard InChI is InChI=1S/C24H30N2O4/c1-16(2)11-12-30-21-10-9-20(15-22(21)29-3)24(28)26-25-23(27)14-17-7-8-18-5-4-6-19(18)13-17/h7-10,13,15-16H,4-6,11-12,14H2,1-3H3,(H,25,27)(H,26,28). The van der Waals surface area contributed by atoms with Crippen LogP contribution < -0.4 is 20.3 Å². The molecular weight excluding hydrogens is 380 g/mol. The molecule has 3 rings (SSSR count). The molecule has 0 bridgehead atoms. The zero-order valence-electron chi connectivity index (χ0n) is 17.9. The van der Waals surface area contributed by atoms with Crippen molar-refractivity contribution in [1.82, 2.24) is 10.9 Å². The van der Waals surface area contributed by atoms with Crippen LogP contribution >= 0.6 is 0 Å². The molecule has 2 N–H and O–H groups in total. The van der Waals surface area contributed by atoms with Crippen LogP contribution in [0.2, 0.25) is 0 Å². The van der Waals surface area contributed by atoms with E-state index in [9.17, 15) is 9.59 Å². The monoisotopic (exact) mass is 410 g/mol. The molecule has 0 radical (unpaired) electrons. The highest BCUT2D eigenvalue weighted by atomic mass is 16.5. The van der Waals surface area contributed by atoms with Gasteiger partial charge in [0.2, 0.25) is 5.91 Å². The fraction of sp³-hybridized carbons (Fsp3) is 0.417. The molecule has 0 unspecified atom stereocenters. The molecule has 1 aliphatic rings. The fourth-order valence-corrected chi connectivity index (χ4v) is 3.50. The molecule has 0 saturated heterocycles. The fourth-order valence-electron chi connectivity index (χ4n) is 3.50. The topological polar surface area (TPSA) is 76.7 Å². The minimum atomic E-state index is -0.413. The largest absolute Gasteiger partial charge is 0.493 e. The lowest BCUT2D eigenvalue weighted by Gasteiger charge is -2.13. The van der Waals surface area contributed by atoms with Crippen LogP contribution in [0.5, 0.6) is 11.5 Å². The molecule has 6 nitrogen and oxygen atoms in total. The average Bonchev–Trinajstić information content (AvgIpc) is 3.19. The highest BCUT2D eigenvalue weighted by molar-refractivity contribution is 5.96. The molecule has 1 aliphatic carbocycles. The van der Waals surface area contributed by atoms with Gasteiger partial charge in [0.1, 0.15) is 0 Å². The van der Waals surface area contributed by atoms with Crippen molar-refractivity contribution in [2.75, 3.05) is 13.7 Å². The maximum atomic E-state index is 12.4. The van der Waals surface area contributed by atoms with Crippen molar-refractivity contribution in [3.8, 4) is 11.5 Å². The Morgan fingerprint density at radius 2 is 1.80 bits per heavy atom. The molecule has 0 fully saturated rings. The number of benzene rings is 2. The van der Waals surface area contributed by atoms with Crippen molar-refractivity contribution in [3.63, 3.8) is 0 Å². The molecule has 0 aliphatic heterocycles. The molecule has 0 heterocycles. The number of carbonyl (C=O) groups excluding carboxylic acids is 2. The van der Waals surface area contributed by atoms with Crippen molar-refractivity contribution in [1.29, 1.82) is 0 Å². The number of carbonyl (C=O) groups is 2. The third-order valence-electron chi connectivity index (χ3n) is 5.22. The Kier molecular flexibility index (Phi) is 7.33. The minimum absolute atomic E-state index is 0.222. The van der Waals surface area contributed by atoms with E-state index in [0.29, 0.717) is 29.6 Å². The number of amides is 2. The molecule has 0 spiro atoms. The van der Waals surface area contributed by atoms with Crippen molar-refractivity contribution < 1.29 is 19.1 Å². The predicted molar refractivity (Wildman–Crippen MR) is 116 cm³/mol. The predicted octanol–water partition coefficient (Wildman–Crippen LogP) is 3.61. The first-order valence-corrected chi connectivity index (χ1v) is 10.5. The highest BCUT2D eigenvalue weighted by Gasteiger charge is 2.14. The first-order valence-electron chi connectivity index (χ1n) is 10.5. The lowest BCUT2D eigenvalue weighted by atomic mass is 10.0. The summed E-state index contributed by atoms with van der Waals surface area (Å²) in [6.07, 6.45) is 4.51. The Balaban J connectivity index is 1.53. The van der Waals surface area contributed by atoms with Crippen molar-refractivity contribution in [3.05, 3.63) is 58.7 Å². The van der Waals surface area contributed by atoms with Crippen molar-refractivity contribution in [2.45, 2.75) is 46.0 Å². The summed E-state index contributed by atoms with van der Waals surface area (Å²) in [5.74, 6) is 0.943. The lowest BCUT2D eigenvalue weighted by molar-refractivity contribution is -0.121. The Morgan fingerprint density at radius 1 is 1.00 bits per heavy atom. The highest BCUT2D eigenvalue weighted by Crippen LogP contribution is 2.28. The number of hydrogen-bond donors (Lipinski definition) is 2. The summed E-state index contributed by atoms with van der Waals surface area (Å²) in [6.45, 7) is 4.84.